The second-order valence-corrected chi connectivity index (χ2v) is 7.07. The summed E-state index contributed by atoms with van der Waals surface area (Å²) in [5.74, 6) is 0. The molecule has 1 aliphatic carbocycles. The number of benzene rings is 1. The topological polar surface area (TPSA) is 65.6 Å². The number of fused-ring (bicyclic) bond motifs is 2. The monoisotopic (exact) mass is 369 g/mol. The Hall–Kier alpha value is -3.54. The number of hydrogen-bond acceptors (Lipinski definition) is 4. The van der Waals surface area contributed by atoms with Gasteiger partial charge >= 0.3 is 0 Å². The predicted octanol–water partition coefficient (Wildman–Crippen LogP) is 2.95. The van der Waals surface area contributed by atoms with Crippen molar-refractivity contribution in [3.63, 3.8) is 0 Å². The van der Waals surface area contributed by atoms with Gasteiger partial charge in [0.25, 0.3) is 5.56 Å². The Kier molecular flexibility index (Phi) is 3.90. The third kappa shape index (κ3) is 2.83. The van der Waals surface area contributed by atoms with Crippen LogP contribution in [0.5, 0.6) is 0 Å². The standard InChI is InChI=1S/C22H19N5O/c1-26-13-18-17(7-3-8-19(18)25-26)16-6-2-5-15(11-16)12-27-14-24-20-9-4-10-23-21(20)22(27)28/h2,4-7,9-11,13-14H,3,8,12H2,1H3. The van der Waals surface area contributed by atoms with Gasteiger partial charge in [0.1, 0.15) is 0 Å². The molecule has 0 amide bonds. The summed E-state index contributed by atoms with van der Waals surface area (Å²) in [5, 5.41) is 4.57. The Bertz CT molecular complexity index is 1280. The molecule has 0 bridgehead atoms. The zero-order valence-electron chi connectivity index (χ0n) is 15.5. The van der Waals surface area contributed by atoms with Crippen LogP contribution in [0.15, 0.2) is 66.0 Å². The van der Waals surface area contributed by atoms with Crippen molar-refractivity contribution in [2.24, 2.45) is 7.05 Å². The van der Waals surface area contributed by atoms with Gasteiger partial charge in [0.2, 0.25) is 0 Å². The summed E-state index contributed by atoms with van der Waals surface area (Å²) in [7, 11) is 1.96. The van der Waals surface area contributed by atoms with Crippen molar-refractivity contribution in [1.82, 2.24) is 24.3 Å². The van der Waals surface area contributed by atoms with E-state index in [1.54, 1.807) is 29.2 Å². The van der Waals surface area contributed by atoms with Gasteiger partial charge in [0.05, 0.1) is 24.1 Å². The van der Waals surface area contributed by atoms with E-state index in [0.717, 1.165) is 29.7 Å². The van der Waals surface area contributed by atoms with Crippen molar-refractivity contribution in [3.05, 3.63) is 93.9 Å². The molecule has 3 aromatic heterocycles. The molecule has 0 saturated heterocycles. The fraction of sp³-hybridized carbons (Fsp3) is 0.182. The summed E-state index contributed by atoms with van der Waals surface area (Å²) in [6.07, 6.45) is 9.54. The van der Waals surface area contributed by atoms with E-state index in [1.165, 1.54) is 11.1 Å². The molecule has 28 heavy (non-hydrogen) atoms. The molecule has 3 heterocycles. The Morgan fingerprint density at radius 2 is 2.07 bits per heavy atom. The molecule has 1 aromatic carbocycles. The van der Waals surface area contributed by atoms with Gasteiger partial charge < -0.3 is 0 Å². The molecule has 0 saturated carbocycles. The van der Waals surface area contributed by atoms with Gasteiger partial charge in [-0.25, -0.2) is 9.97 Å². The van der Waals surface area contributed by atoms with Crippen LogP contribution in [-0.4, -0.2) is 24.3 Å². The quantitative estimate of drug-likeness (QED) is 0.557. The van der Waals surface area contributed by atoms with Gasteiger partial charge in [-0.1, -0.05) is 24.3 Å². The Balaban J connectivity index is 1.51. The molecule has 0 aliphatic heterocycles. The highest BCUT2D eigenvalue weighted by molar-refractivity contribution is 5.82. The minimum atomic E-state index is -0.123. The molecule has 0 N–H and O–H groups in total. The van der Waals surface area contributed by atoms with Crippen molar-refractivity contribution >= 4 is 16.6 Å². The highest BCUT2D eigenvalue weighted by Crippen LogP contribution is 2.31. The lowest BCUT2D eigenvalue weighted by molar-refractivity contribution is 0.739. The van der Waals surface area contributed by atoms with Crippen molar-refractivity contribution in [1.29, 1.82) is 0 Å². The van der Waals surface area contributed by atoms with Gasteiger partial charge in [0.15, 0.2) is 5.52 Å². The minimum absolute atomic E-state index is 0.123. The molecule has 4 aromatic rings. The number of allylic oxidation sites excluding steroid dienone is 1. The van der Waals surface area contributed by atoms with Crippen LogP contribution in [0.3, 0.4) is 0 Å². The van der Waals surface area contributed by atoms with Crippen molar-refractivity contribution in [2.75, 3.05) is 0 Å². The Morgan fingerprint density at radius 1 is 1.14 bits per heavy atom. The summed E-state index contributed by atoms with van der Waals surface area (Å²) in [6, 6.07) is 11.9. The van der Waals surface area contributed by atoms with Gasteiger partial charge in [-0.05, 0) is 47.7 Å². The van der Waals surface area contributed by atoms with Gasteiger partial charge in [-0.3, -0.25) is 14.0 Å². The number of rotatable bonds is 3. The van der Waals surface area contributed by atoms with Crippen molar-refractivity contribution in [3.8, 4) is 0 Å². The maximum atomic E-state index is 12.7. The van der Waals surface area contributed by atoms with Crippen LogP contribution in [0.2, 0.25) is 0 Å². The lowest BCUT2D eigenvalue weighted by Crippen LogP contribution is -2.22. The van der Waals surface area contributed by atoms with Crippen LogP contribution < -0.4 is 5.56 Å². The van der Waals surface area contributed by atoms with Crippen molar-refractivity contribution in [2.45, 2.75) is 19.4 Å². The first kappa shape index (κ1) is 16.6. The molecular formula is C22H19N5O. The van der Waals surface area contributed by atoms with E-state index in [4.69, 9.17) is 0 Å². The molecule has 138 valence electrons. The first-order valence-electron chi connectivity index (χ1n) is 9.31. The second-order valence-electron chi connectivity index (χ2n) is 7.07. The minimum Gasteiger partial charge on any atom is -0.293 e. The molecule has 0 atom stereocenters. The Labute approximate surface area is 161 Å². The van der Waals surface area contributed by atoms with E-state index in [9.17, 15) is 4.79 Å². The van der Waals surface area contributed by atoms with Crippen LogP contribution in [-0.2, 0) is 20.0 Å². The zero-order chi connectivity index (χ0) is 19.1. The van der Waals surface area contributed by atoms with E-state index in [2.05, 4.69) is 39.5 Å². The molecule has 1 aliphatic rings. The number of nitrogens with zero attached hydrogens (tertiary/aromatic N) is 5. The lowest BCUT2D eigenvalue weighted by atomic mass is 9.91. The summed E-state index contributed by atoms with van der Waals surface area (Å²) in [6.45, 7) is 0.458. The van der Waals surface area contributed by atoms with Gasteiger partial charge in [-0.2, -0.15) is 5.10 Å². The lowest BCUT2D eigenvalue weighted by Gasteiger charge is -2.14. The highest BCUT2D eigenvalue weighted by atomic mass is 16.1. The summed E-state index contributed by atoms with van der Waals surface area (Å²) >= 11 is 0. The molecule has 5 rings (SSSR count). The molecule has 0 radical (unpaired) electrons. The smallest absolute Gasteiger partial charge is 0.280 e. The SMILES string of the molecule is Cn1cc2c(n1)CCC=C2c1cccc(Cn2cnc3cccnc3c2=O)c1. The number of aromatic nitrogens is 5. The van der Waals surface area contributed by atoms with E-state index in [0.29, 0.717) is 17.6 Å². The normalized spacial score (nSPS) is 13.4. The maximum Gasteiger partial charge on any atom is 0.280 e. The average molecular weight is 369 g/mol. The maximum absolute atomic E-state index is 12.7. The fourth-order valence-electron chi connectivity index (χ4n) is 3.81. The van der Waals surface area contributed by atoms with Crippen LogP contribution >= 0.6 is 0 Å². The van der Waals surface area contributed by atoms with Gasteiger partial charge in [-0.15, -0.1) is 0 Å². The molecule has 6 heteroatoms. The highest BCUT2D eigenvalue weighted by Gasteiger charge is 2.17. The van der Waals surface area contributed by atoms with E-state index in [1.807, 2.05) is 23.9 Å². The molecule has 6 nitrogen and oxygen atoms in total. The largest absolute Gasteiger partial charge is 0.293 e. The van der Waals surface area contributed by atoms with Gasteiger partial charge in [0, 0.05) is 25.0 Å². The molecule has 0 unspecified atom stereocenters. The molecular weight excluding hydrogens is 350 g/mol. The first-order chi connectivity index (χ1) is 13.7. The molecule has 0 spiro atoms. The summed E-state index contributed by atoms with van der Waals surface area (Å²) in [4.78, 5) is 21.3. The van der Waals surface area contributed by atoms with Crippen molar-refractivity contribution < 1.29 is 0 Å². The Morgan fingerprint density at radius 3 is 3.00 bits per heavy atom. The van der Waals surface area contributed by atoms with Crippen LogP contribution in [0.1, 0.15) is 28.8 Å². The average Bonchev–Trinajstić information content (AvgIpc) is 3.11. The summed E-state index contributed by atoms with van der Waals surface area (Å²) < 4.78 is 3.49. The van der Waals surface area contributed by atoms with E-state index >= 15 is 0 Å². The number of hydrogen-bond donors (Lipinski definition) is 0. The zero-order valence-corrected chi connectivity index (χ0v) is 15.5. The fourth-order valence-corrected chi connectivity index (χ4v) is 3.81. The third-order valence-electron chi connectivity index (χ3n) is 5.10. The van der Waals surface area contributed by atoms with Crippen LogP contribution in [0, 0.1) is 0 Å². The molecule has 0 fully saturated rings. The first-order valence-corrected chi connectivity index (χ1v) is 9.31. The summed E-state index contributed by atoms with van der Waals surface area (Å²) in [5.41, 5.74) is 6.64. The second kappa shape index (κ2) is 6.56. The predicted molar refractivity (Wildman–Crippen MR) is 108 cm³/mol. The van der Waals surface area contributed by atoms with Crippen LogP contribution in [0.25, 0.3) is 16.6 Å². The van der Waals surface area contributed by atoms with E-state index in [-0.39, 0.29) is 5.56 Å². The number of pyridine rings is 1. The van der Waals surface area contributed by atoms with E-state index < -0.39 is 0 Å². The van der Waals surface area contributed by atoms with Crippen LogP contribution in [0.4, 0.5) is 0 Å². The number of aryl methyl sites for hydroxylation is 2. The third-order valence-corrected chi connectivity index (χ3v) is 5.10.